The molecule has 19 heavy (non-hydrogen) atoms. The lowest BCUT2D eigenvalue weighted by Gasteiger charge is -2.08. The van der Waals surface area contributed by atoms with E-state index < -0.39 is 0 Å². The van der Waals surface area contributed by atoms with Crippen LogP contribution in [0.15, 0.2) is 27.2 Å². The average Bonchev–Trinajstić information content (AvgIpc) is 2.84. The van der Waals surface area contributed by atoms with E-state index >= 15 is 0 Å². The van der Waals surface area contributed by atoms with Gasteiger partial charge in [0.2, 0.25) is 11.7 Å². The summed E-state index contributed by atoms with van der Waals surface area (Å²) < 4.78 is 11.5. The van der Waals surface area contributed by atoms with Crippen molar-refractivity contribution in [3.63, 3.8) is 0 Å². The van der Waals surface area contributed by atoms with Crippen LogP contribution >= 0.6 is 15.9 Å². The van der Waals surface area contributed by atoms with Crippen LogP contribution in [0.5, 0.6) is 0 Å². The van der Waals surface area contributed by atoms with Gasteiger partial charge in [0.05, 0.1) is 12.5 Å². The summed E-state index contributed by atoms with van der Waals surface area (Å²) in [5.41, 5.74) is 7.61. The molecule has 0 radical (unpaired) electrons. The molecule has 0 aliphatic rings. The summed E-state index contributed by atoms with van der Waals surface area (Å²) in [7, 11) is 1.62. The number of nitrogens with zero attached hydrogens (tertiary/aromatic N) is 2. The Kier molecular flexibility index (Phi) is 4.68. The third-order valence-electron chi connectivity index (χ3n) is 2.90. The molecule has 1 unspecified atom stereocenters. The number of aromatic nitrogens is 2. The number of nitrogens with two attached hydrogens (primary N) is 1. The molecule has 1 aromatic heterocycles. The second-order valence-corrected chi connectivity index (χ2v) is 5.18. The van der Waals surface area contributed by atoms with E-state index in [9.17, 15) is 0 Å². The maximum absolute atomic E-state index is 5.57. The Morgan fingerprint density at radius 2 is 2.26 bits per heavy atom. The Labute approximate surface area is 120 Å². The third kappa shape index (κ3) is 3.40. The van der Waals surface area contributed by atoms with Crippen LogP contribution < -0.4 is 5.73 Å². The Bertz CT molecular complexity index is 553. The van der Waals surface area contributed by atoms with Crippen molar-refractivity contribution >= 4 is 15.9 Å². The second kappa shape index (κ2) is 6.27. The van der Waals surface area contributed by atoms with Gasteiger partial charge in [-0.2, -0.15) is 4.98 Å². The first-order chi connectivity index (χ1) is 9.13. The van der Waals surface area contributed by atoms with E-state index in [1.54, 1.807) is 7.11 Å². The quantitative estimate of drug-likeness (QED) is 0.913. The highest BCUT2D eigenvalue weighted by atomic mass is 79.9. The molecule has 2 N–H and O–H groups in total. The molecule has 0 spiro atoms. The fourth-order valence-corrected chi connectivity index (χ4v) is 2.26. The molecule has 1 heterocycles. The molecule has 0 saturated carbocycles. The minimum Gasteiger partial charge on any atom is -0.380 e. The normalized spacial score (nSPS) is 12.6. The zero-order chi connectivity index (χ0) is 13.8. The third-order valence-corrected chi connectivity index (χ3v) is 3.39. The molecule has 0 saturated heterocycles. The zero-order valence-corrected chi connectivity index (χ0v) is 12.5. The number of hydrogen-bond acceptors (Lipinski definition) is 5. The molecule has 6 heteroatoms. The first-order valence-electron chi connectivity index (χ1n) is 5.96. The van der Waals surface area contributed by atoms with Crippen LogP contribution in [0.3, 0.4) is 0 Å². The number of aryl methyl sites for hydroxylation is 1. The molecule has 2 aromatic rings. The number of rotatable bonds is 5. The highest BCUT2D eigenvalue weighted by molar-refractivity contribution is 9.10. The molecule has 0 fully saturated rings. The zero-order valence-electron chi connectivity index (χ0n) is 10.9. The van der Waals surface area contributed by atoms with Crippen molar-refractivity contribution < 1.29 is 9.26 Å². The van der Waals surface area contributed by atoms with Crippen molar-refractivity contribution in [2.24, 2.45) is 5.73 Å². The van der Waals surface area contributed by atoms with Crippen molar-refractivity contribution in [3.8, 4) is 11.4 Å². The Morgan fingerprint density at radius 1 is 1.47 bits per heavy atom. The number of benzene rings is 1. The van der Waals surface area contributed by atoms with E-state index in [2.05, 4.69) is 26.1 Å². The van der Waals surface area contributed by atoms with Gasteiger partial charge in [-0.05, 0) is 30.7 Å². The van der Waals surface area contributed by atoms with E-state index in [1.165, 1.54) is 0 Å². The van der Waals surface area contributed by atoms with Crippen molar-refractivity contribution in [1.82, 2.24) is 10.1 Å². The maximum atomic E-state index is 5.57. The Hall–Kier alpha value is -1.24. The molecule has 0 aliphatic carbocycles. The van der Waals surface area contributed by atoms with E-state index in [-0.39, 0.29) is 6.10 Å². The summed E-state index contributed by atoms with van der Waals surface area (Å²) in [6, 6.07) is 5.93. The molecule has 1 atom stereocenters. The molecule has 2 rings (SSSR count). The Balaban J connectivity index is 2.20. The second-order valence-electron chi connectivity index (χ2n) is 4.27. The van der Waals surface area contributed by atoms with Crippen molar-refractivity contribution in [1.29, 1.82) is 0 Å². The predicted molar refractivity (Wildman–Crippen MR) is 75.7 cm³/mol. The largest absolute Gasteiger partial charge is 0.380 e. The van der Waals surface area contributed by atoms with Crippen LogP contribution in [-0.2, 0) is 11.2 Å². The van der Waals surface area contributed by atoms with Gasteiger partial charge in [0, 0.05) is 23.7 Å². The number of halogens is 1. The summed E-state index contributed by atoms with van der Waals surface area (Å²) in [4.78, 5) is 4.38. The SMILES string of the molecule is COC(CN)Cc1nc(-c2ccc(Br)cc2C)no1. The van der Waals surface area contributed by atoms with Crippen LogP contribution in [0, 0.1) is 6.92 Å². The number of methoxy groups -OCH3 is 1. The molecule has 5 nitrogen and oxygen atoms in total. The lowest BCUT2D eigenvalue weighted by Crippen LogP contribution is -2.24. The van der Waals surface area contributed by atoms with Crippen LogP contribution in [0.25, 0.3) is 11.4 Å². The smallest absolute Gasteiger partial charge is 0.229 e. The maximum Gasteiger partial charge on any atom is 0.229 e. The van der Waals surface area contributed by atoms with Gasteiger partial charge in [-0.1, -0.05) is 21.1 Å². The number of ether oxygens (including phenoxy) is 1. The minimum atomic E-state index is -0.0979. The highest BCUT2D eigenvalue weighted by Gasteiger charge is 2.14. The molecular formula is C13H16BrN3O2. The van der Waals surface area contributed by atoms with E-state index in [4.69, 9.17) is 15.0 Å². The lowest BCUT2D eigenvalue weighted by atomic mass is 10.1. The summed E-state index contributed by atoms with van der Waals surface area (Å²) in [5.74, 6) is 1.13. The first kappa shape index (κ1) is 14.2. The molecular weight excluding hydrogens is 310 g/mol. The van der Waals surface area contributed by atoms with Crippen LogP contribution in [-0.4, -0.2) is 29.9 Å². The minimum absolute atomic E-state index is 0.0979. The predicted octanol–water partition coefficient (Wildman–Crippen LogP) is 2.32. The van der Waals surface area contributed by atoms with E-state index in [0.29, 0.717) is 24.7 Å². The summed E-state index contributed by atoms with van der Waals surface area (Å²) in [6.45, 7) is 2.43. The van der Waals surface area contributed by atoms with Crippen LogP contribution in [0.2, 0.25) is 0 Å². The van der Waals surface area contributed by atoms with Gasteiger partial charge >= 0.3 is 0 Å². The van der Waals surface area contributed by atoms with Gasteiger partial charge in [0.25, 0.3) is 0 Å². The van der Waals surface area contributed by atoms with Gasteiger partial charge in [0.1, 0.15) is 0 Å². The summed E-state index contributed by atoms with van der Waals surface area (Å²) >= 11 is 3.43. The van der Waals surface area contributed by atoms with Gasteiger partial charge in [-0.15, -0.1) is 0 Å². The summed E-state index contributed by atoms with van der Waals surface area (Å²) in [6.07, 6.45) is 0.426. The van der Waals surface area contributed by atoms with Crippen molar-refractivity contribution in [3.05, 3.63) is 34.1 Å². The van der Waals surface area contributed by atoms with Crippen molar-refractivity contribution in [2.45, 2.75) is 19.4 Å². The molecule has 0 amide bonds. The van der Waals surface area contributed by atoms with Crippen molar-refractivity contribution in [2.75, 3.05) is 13.7 Å². The average molecular weight is 326 g/mol. The number of hydrogen-bond donors (Lipinski definition) is 1. The van der Waals surface area contributed by atoms with Gasteiger partial charge in [-0.3, -0.25) is 0 Å². The standard InChI is InChI=1S/C13H16BrN3O2/c1-8-5-9(14)3-4-11(8)13-16-12(19-17-13)6-10(7-15)18-2/h3-5,10H,6-7,15H2,1-2H3. The lowest BCUT2D eigenvalue weighted by molar-refractivity contribution is 0.102. The molecule has 0 bridgehead atoms. The molecule has 102 valence electrons. The monoisotopic (exact) mass is 325 g/mol. The topological polar surface area (TPSA) is 74.2 Å². The summed E-state index contributed by atoms with van der Waals surface area (Å²) in [5, 5.41) is 4.00. The van der Waals surface area contributed by atoms with E-state index in [0.717, 1.165) is 15.6 Å². The Morgan fingerprint density at radius 3 is 2.89 bits per heavy atom. The van der Waals surface area contributed by atoms with Crippen LogP contribution in [0.1, 0.15) is 11.5 Å². The fourth-order valence-electron chi connectivity index (χ4n) is 1.78. The highest BCUT2D eigenvalue weighted by Crippen LogP contribution is 2.24. The van der Waals surface area contributed by atoms with Crippen LogP contribution in [0.4, 0.5) is 0 Å². The van der Waals surface area contributed by atoms with Gasteiger partial charge < -0.3 is 15.0 Å². The van der Waals surface area contributed by atoms with E-state index in [1.807, 2.05) is 25.1 Å². The molecule has 0 aliphatic heterocycles. The van der Waals surface area contributed by atoms with Gasteiger partial charge in [-0.25, -0.2) is 0 Å². The fraction of sp³-hybridized carbons (Fsp3) is 0.385. The first-order valence-corrected chi connectivity index (χ1v) is 6.75. The molecule has 1 aromatic carbocycles. The van der Waals surface area contributed by atoms with Gasteiger partial charge in [0.15, 0.2) is 0 Å².